The summed E-state index contributed by atoms with van der Waals surface area (Å²) in [6.45, 7) is 4.03. The second-order valence-electron chi connectivity index (χ2n) is 6.95. The number of rotatable bonds is 7. The number of nitrogens with zero attached hydrogens (tertiary/aromatic N) is 6. The van der Waals surface area contributed by atoms with Crippen LogP contribution in [0.4, 0.5) is 5.13 Å². The Kier molecular flexibility index (Phi) is 5.71. The number of aromatic nitrogens is 6. The van der Waals surface area contributed by atoms with Gasteiger partial charge in [0.05, 0.1) is 16.7 Å². The van der Waals surface area contributed by atoms with Crippen molar-refractivity contribution in [3.05, 3.63) is 77.6 Å². The van der Waals surface area contributed by atoms with E-state index in [4.69, 9.17) is 0 Å². The van der Waals surface area contributed by atoms with Crippen molar-refractivity contribution in [2.75, 3.05) is 11.1 Å². The Bertz CT molecular complexity index is 1540. The Hall–Kier alpha value is -3.83. The van der Waals surface area contributed by atoms with Crippen molar-refractivity contribution in [3.63, 3.8) is 0 Å². The third-order valence-corrected chi connectivity index (χ3v) is 6.63. The first-order valence-corrected chi connectivity index (χ1v) is 11.7. The van der Waals surface area contributed by atoms with E-state index >= 15 is 0 Å². The summed E-state index contributed by atoms with van der Waals surface area (Å²) in [7, 11) is 0. The molecule has 164 valence electrons. The minimum atomic E-state index is -0.240. The second kappa shape index (κ2) is 8.96. The van der Waals surface area contributed by atoms with E-state index in [1.54, 1.807) is 16.5 Å². The minimum absolute atomic E-state index is 0.0932. The van der Waals surface area contributed by atoms with Gasteiger partial charge in [0.15, 0.2) is 5.16 Å². The van der Waals surface area contributed by atoms with E-state index in [0.29, 0.717) is 33.5 Å². The van der Waals surface area contributed by atoms with Gasteiger partial charge in [-0.25, -0.2) is 0 Å². The Morgan fingerprint density at radius 2 is 1.85 bits per heavy atom. The summed E-state index contributed by atoms with van der Waals surface area (Å²) in [5.74, 6) is 0.255. The maximum absolute atomic E-state index is 12.9. The van der Waals surface area contributed by atoms with Gasteiger partial charge in [0.2, 0.25) is 16.8 Å². The first-order valence-electron chi connectivity index (χ1n) is 9.95. The molecule has 1 amide bonds. The molecule has 2 aromatic carbocycles. The Morgan fingerprint density at radius 1 is 1.06 bits per heavy atom. The molecular weight excluding hydrogens is 458 g/mol. The van der Waals surface area contributed by atoms with Crippen molar-refractivity contribution < 1.29 is 4.79 Å². The number of carbonyl (C=O) groups is 1. The topological polar surface area (TPSA) is 107 Å². The van der Waals surface area contributed by atoms with Crippen molar-refractivity contribution in [2.45, 2.75) is 11.7 Å². The SMILES string of the molecule is C=CCn1c(=O)c2ccccc2n2c(SCC(=O)Nc3nnc(-c4ccccc4)s3)nnc12. The zero-order valence-electron chi connectivity index (χ0n) is 17.2. The lowest BCUT2D eigenvalue weighted by molar-refractivity contribution is -0.113. The Morgan fingerprint density at radius 3 is 2.67 bits per heavy atom. The predicted octanol–water partition coefficient (Wildman–Crippen LogP) is 3.48. The molecule has 0 radical (unpaired) electrons. The number of nitrogens with one attached hydrogen (secondary N) is 1. The highest BCUT2D eigenvalue weighted by atomic mass is 32.2. The molecule has 11 heteroatoms. The molecular formula is C22H17N7O2S2. The quantitative estimate of drug-likeness (QED) is 0.284. The third kappa shape index (κ3) is 4.03. The average molecular weight is 476 g/mol. The molecule has 3 heterocycles. The largest absolute Gasteiger partial charge is 0.300 e. The fraction of sp³-hybridized carbons (Fsp3) is 0.0909. The maximum atomic E-state index is 12.9. The number of benzene rings is 2. The highest BCUT2D eigenvalue weighted by Gasteiger charge is 2.17. The Labute approximate surface area is 195 Å². The molecule has 0 spiro atoms. The van der Waals surface area contributed by atoms with Gasteiger partial charge in [0.1, 0.15) is 5.01 Å². The number of amides is 1. The predicted molar refractivity (Wildman–Crippen MR) is 130 cm³/mol. The molecule has 0 aliphatic heterocycles. The van der Waals surface area contributed by atoms with Crippen molar-refractivity contribution >= 4 is 50.8 Å². The van der Waals surface area contributed by atoms with E-state index in [-0.39, 0.29) is 17.2 Å². The van der Waals surface area contributed by atoms with Crippen LogP contribution in [-0.2, 0) is 11.3 Å². The first kappa shape index (κ1) is 21.0. The molecule has 5 aromatic rings. The van der Waals surface area contributed by atoms with Crippen LogP contribution in [0.25, 0.3) is 27.3 Å². The molecule has 1 N–H and O–H groups in total. The molecule has 33 heavy (non-hydrogen) atoms. The van der Waals surface area contributed by atoms with Crippen LogP contribution in [0.3, 0.4) is 0 Å². The van der Waals surface area contributed by atoms with Crippen LogP contribution in [0, 0.1) is 0 Å². The average Bonchev–Trinajstić information content (AvgIpc) is 3.48. The van der Waals surface area contributed by atoms with Crippen LogP contribution in [-0.4, -0.2) is 41.0 Å². The van der Waals surface area contributed by atoms with E-state index in [1.165, 1.54) is 27.7 Å². The van der Waals surface area contributed by atoms with Gasteiger partial charge in [-0.3, -0.25) is 23.9 Å². The number of hydrogen-bond acceptors (Lipinski definition) is 8. The molecule has 5 rings (SSSR count). The van der Waals surface area contributed by atoms with Gasteiger partial charge in [-0.2, -0.15) is 0 Å². The number of anilines is 1. The number of hydrogen-bond donors (Lipinski definition) is 1. The van der Waals surface area contributed by atoms with Crippen molar-refractivity contribution in [2.24, 2.45) is 0 Å². The van der Waals surface area contributed by atoms with Crippen LogP contribution in [0.15, 0.2) is 77.2 Å². The normalized spacial score (nSPS) is 11.2. The van der Waals surface area contributed by atoms with Gasteiger partial charge in [-0.05, 0) is 12.1 Å². The summed E-state index contributed by atoms with van der Waals surface area (Å²) in [6.07, 6.45) is 1.64. The van der Waals surface area contributed by atoms with E-state index in [2.05, 4.69) is 32.3 Å². The van der Waals surface area contributed by atoms with E-state index in [0.717, 1.165) is 10.6 Å². The van der Waals surface area contributed by atoms with Crippen molar-refractivity contribution in [3.8, 4) is 10.6 Å². The van der Waals surface area contributed by atoms with Crippen LogP contribution < -0.4 is 10.9 Å². The molecule has 9 nitrogen and oxygen atoms in total. The molecule has 0 aliphatic rings. The third-order valence-electron chi connectivity index (χ3n) is 4.81. The molecule has 0 aliphatic carbocycles. The number of allylic oxidation sites excluding steroid dienone is 1. The van der Waals surface area contributed by atoms with Gasteiger partial charge in [-0.15, -0.1) is 27.0 Å². The van der Waals surface area contributed by atoms with E-state index in [9.17, 15) is 9.59 Å². The lowest BCUT2D eigenvalue weighted by atomic mass is 10.2. The summed E-state index contributed by atoms with van der Waals surface area (Å²) in [5, 5.41) is 21.6. The highest BCUT2D eigenvalue weighted by Crippen LogP contribution is 2.26. The number of thioether (sulfide) groups is 1. The number of fused-ring (bicyclic) bond motifs is 3. The molecule has 0 saturated carbocycles. The van der Waals surface area contributed by atoms with Crippen LogP contribution in [0.5, 0.6) is 0 Å². The molecule has 3 aromatic heterocycles. The zero-order chi connectivity index (χ0) is 22.8. The van der Waals surface area contributed by atoms with Crippen LogP contribution in [0.1, 0.15) is 0 Å². The summed E-state index contributed by atoms with van der Waals surface area (Å²) in [6, 6.07) is 16.9. The van der Waals surface area contributed by atoms with Gasteiger partial charge >= 0.3 is 0 Å². The van der Waals surface area contributed by atoms with Crippen LogP contribution in [0.2, 0.25) is 0 Å². The number of para-hydroxylation sites is 1. The van der Waals surface area contributed by atoms with Crippen LogP contribution >= 0.6 is 23.1 Å². The maximum Gasteiger partial charge on any atom is 0.263 e. The minimum Gasteiger partial charge on any atom is -0.300 e. The lowest BCUT2D eigenvalue weighted by Crippen LogP contribution is -2.22. The van der Waals surface area contributed by atoms with E-state index < -0.39 is 0 Å². The second-order valence-corrected chi connectivity index (χ2v) is 8.87. The smallest absolute Gasteiger partial charge is 0.263 e. The fourth-order valence-corrected chi connectivity index (χ4v) is 4.88. The van der Waals surface area contributed by atoms with Gasteiger partial charge in [0.25, 0.3) is 5.56 Å². The molecule has 0 fully saturated rings. The van der Waals surface area contributed by atoms with Crippen molar-refractivity contribution in [1.29, 1.82) is 0 Å². The molecule has 0 saturated heterocycles. The first-order chi connectivity index (χ1) is 16.2. The summed E-state index contributed by atoms with van der Waals surface area (Å²) >= 11 is 2.53. The zero-order valence-corrected chi connectivity index (χ0v) is 18.8. The van der Waals surface area contributed by atoms with Gasteiger partial charge < -0.3 is 0 Å². The number of carbonyl (C=O) groups excluding carboxylic acids is 1. The monoisotopic (exact) mass is 475 g/mol. The standard InChI is InChI=1S/C22H17N7O2S2/c1-2-12-28-19(31)15-10-6-7-11-16(15)29-21(28)26-27-22(29)32-13-17(30)23-20-25-24-18(33-20)14-8-4-3-5-9-14/h2-11H,1,12-13H2,(H,23,25,30). The van der Waals surface area contributed by atoms with E-state index in [1.807, 2.05) is 48.5 Å². The summed E-state index contributed by atoms with van der Waals surface area (Å²) in [4.78, 5) is 25.4. The highest BCUT2D eigenvalue weighted by molar-refractivity contribution is 7.99. The fourth-order valence-electron chi connectivity index (χ4n) is 3.38. The van der Waals surface area contributed by atoms with Gasteiger partial charge in [0, 0.05) is 12.1 Å². The lowest BCUT2D eigenvalue weighted by Gasteiger charge is -2.09. The summed E-state index contributed by atoms with van der Waals surface area (Å²) < 4.78 is 3.30. The van der Waals surface area contributed by atoms with Crippen molar-refractivity contribution in [1.82, 2.24) is 29.4 Å². The molecule has 0 unspecified atom stereocenters. The summed E-state index contributed by atoms with van der Waals surface area (Å²) in [5.41, 5.74) is 1.46. The molecule has 0 bridgehead atoms. The molecule has 0 atom stereocenters. The van der Waals surface area contributed by atoms with Gasteiger partial charge in [-0.1, -0.05) is 71.6 Å². The Balaban J connectivity index is 1.38.